The van der Waals surface area contributed by atoms with Crippen LogP contribution in [0.25, 0.3) is 110 Å². The van der Waals surface area contributed by atoms with E-state index in [1.54, 1.807) is 0 Å². The first-order valence-electron chi connectivity index (χ1n) is 27.4. The summed E-state index contributed by atoms with van der Waals surface area (Å²) in [6.45, 7) is 9.42. The van der Waals surface area contributed by atoms with Crippen molar-refractivity contribution in [3.05, 3.63) is 253 Å². The zero-order chi connectivity index (χ0) is 52.5. The molecule has 0 radical (unpaired) electrons. The Morgan fingerprint density at radius 2 is 0.595 bits per heavy atom. The van der Waals surface area contributed by atoms with E-state index in [2.05, 4.69) is 268 Å². The molecule has 0 N–H and O–H groups in total. The van der Waals surface area contributed by atoms with E-state index < -0.39 is 0 Å². The van der Waals surface area contributed by atoms with Gasteiger partial charge in [0.15, 0.2) is 0 Å². The van der Waals surface area contributed by atoms with Crippen LogP contribution in [0.15, 0.2) is 244 Å². The van der Waals surface area contributed by atoms with Crippen LogP contribution in [0.4, 0.5) is 34.1 Å². The first kappa shape index (κ1) is 44.3. The summed E-state index contributed by atoms with van der Waals surface area (Å²) in [5.41, 5.74) is 21.4. The number of hydrogen-bond acceptors (Lipinski definition) is 5. The predicted molar refractivity (Wildman–Crippen MR) is 328 cm³/mol. The second kappa shape index (κ2) is 15.9. The fraction of sp³-hybridized carbons (Fsp3) is 0.0811. The highest BCUT2D eigenvalue weighted by atomic mass is 16.3. The molecule has 5 heteroatoms. The van der Waals surface area contributed by atoms with Crippen molar-refractivity contribution in [1.82, 2.24) is 0 Å². The summed E-state index contributed by atoms with van der Waals surface area (Å²) in [7, 11) is 0. The zero-order valence-electron chi connectivity index (χ0n) is 44.1. The van der Waals surface area contributed by atoms with Crippen LogP contribution in [-0.2, 0) is 10.8 Å². The summed E-state index contributed by atoms with van der Waals surface area (Å²) in [5.74, 6) is 0. The maximum Gasteiger partial charge on any atom is 0.137 e. The molecule has 2 aliphatic carbocycles. The van der Waals surface area contributed by atoms with E-state index in [1.807, 2.05) is 0 Å². The van der Waals surface area contributed by atoms with Gasteiger partial charge in [-0.05, 0) is 151 Å². The Morgan fingerprint density at radius 3 is 1.03 bits per heavy atom. The minimum absolute atomic E-state index is 0.219. The number of nitrogens with zero attached hydrogens (tertiary/aromatic N) is 2. The molecular formula is C74H50N2O3. The van der Waals surface area contributed by atoms with Gasteiger partial charge in [0.05, 0.1) is 11.4 Å². The average molecular weight is 1020 g/mol. The molecule has 3 aromatic heterocycles. The maximum atomic E-state index is 6.93. The first-order valence-corrected chi connectivity index (χ1v) is 27.4. The number of anilines is 6. The Kier molecular flexibility index (Phi) is 8.90. The fourth-order valence-corrected chi connectivity index (χ4v) is 14.1. The van der Waals surface area contributed by atoms with Crippen molar-refractivity contribution in [2.24, 2.45) is 0 Å². The Bertz CT molecular complexity index is 4800. The lowest BCUT2D eigenvalue weighted by atomic mass is 9.81. The molecule has 15 aromatic rings. The van der Waals surface area contributed by atoms with Gasteiger partial charge in [0, 0.05) is 78.0 Å². The minimum Gasteiger partial charge on any atom is -0.456 e. The quantitative estimate of drug-likeness (QED) is 0.166. The molecule has 0 amide bonds. The predicted octanol–water partition coefficient (Wildman–Crippen LogP) is 21.2. The number of fused-ring (bicyclic) bond motifs is 17. The molecule has 0 spiro atoms. The van der Waals surface area contributed by atoms with Crippen molar-refractivity contribution >= 4 is 121 Å². The summed E-state index contributed by atoms with van der Waals surface area (Å²) in [4.78, 5) is 4.83. The van der Waals surface area contributed by atoms with Gasteiger partial charge >= 0.3 is 0 Å². The van der Waals surface area contributed by atoms with Crippen LogP contribution >= 0.6 is 0 Å². The van der Waals surface area contributed by atoms with Gasteiger partial charge in [0.1, 0.15) is 33.5 Å². The normalized spacial score (nSPS) is 14.0. The van der Waals surface area contributed by atoms with E-state index in [9.17, 15) is 0 Å². The summed E-state index contributed by atoms with van der Waals surface area (Å²) in [5, 5.41) is 10.8. The maximum absolute atomic E-state index is 6.93. The van der Waals surface area contributed by atoms with Crippen LogP contribution in [0.2, 0.25) is 0 Å². The van der Waals surface area contributed by atoms with Crippen molar-refractivity contribution in [2.45, 2.75) is 38.5 Å². The number of hydrogen-bond donors (Lipinski definition) is 0. The largest absolute Gasteiger partial charge is 0.456 e. The molecule has 0 saturated carbocycles. The minimum atomic E-state index is -0.219. The summed E-state index contributed by atoms with van der Waals surface area (Å²) in [6, 6.07) is 83.9. The lowest BCUT2D eigenvalue weighted by Gasteiger charge is -2.32. The van der Waals surface area contributed by atoms with Crippen molar-refractivity contribution < 1.29 is 13.3 Å². The van der Waals surface area contributed by atoms with Gasteiger partial charge < -0.3 is 23.1 Å². The van der Waals surface area contributed by atoms with Crippen molar-refractivity contribution in [1.29, 1.82) is 0 Å². The molecule has 12 aromatic carbocycles. The van der Waals surface area contributed by atoms with E-state index in [1.165, 1.54) is 66.1 Å². The van der Waals surface area contributed by atoms with Crippen molar-refractivity contribution in [3.8, 4) is 22.3 Å². The zero-order valence-corrected chi connectivity index (χ0v) is 44.1. The van der Waals surface area contributed by atoms with Gasteiger partial charge in [-0.1, -0.05) is 161 Å². The molecule has 17 rings (SSSR count). The van der Waals surface area contributed by atoms with E-state index >= 15 is 0 Å². The molecule has 5 nitrogen and oxygen atoms in total. The summed E-state index contributed by atoms with van der Waals surface area (Å²) < 4.78 is 20.7. The van der Waals surface area contributed by atoms with Gasteiger partial charge in [0.25, 0.3) is 0 Å². The number of rotatable bonds is 6. The fourth-order valence-electron chi connectivity index (χ4n) is 14.1. The molecule has 0 atom stereocenters. The molecule has 0 unspecified atom stereocenters. The molecule has 374 valence electrons. The topological polar surface area (TPSA) is 45.9 Å². The molecular weight excluding hydrogens is 965 g/mol. The smallest absolute Gasteiger partial charge is 0.137 e. The van der Waals surface area contributed by atoms with Gasteiger partial charge in [-0.2, -0.15) is 0 Å². The third-order valence-electron chi connectivity index (χ3n) is 17.7. The van der Waals surface area contributed by atoms with Gasteiger partial charge in [-0.15, -0.1) is 0 Å². The van der Waals surface area contributed by atoms with Crippen LogP contribution in [0.5, 0.6) is 0 Å². The molecule has 79 heavy (non-hydrogen) atoms. The van der Waals surface area contributed by atoms with E-state index in [0.29, 0.717) is 0 Å². The molecule has 2 aliphatic rings. The van der Waals surface area contributed by atoms with Crippen LogP contribution in [0.3, 0.4) is 0 Å². The Hall–Kier alpha value is -9.84. The van der Waals surface area contributed by atoms with E-state index in [4.69, 9.17) is 13.3 Å². The Labute approximate surface area is 455 Å². The van der Waals surface area contributed by atoms with Crippen LogP contribution < -0.4 is 9.80 Å². The first-order chi connectivity index (χ1) is 38.6. The SMILES string of the molecule is CC1(C)c2ccccc2-c2cccc(N(c3ccc4ccccc4c3)c3ccc4c(c3)oc3cc5c(cc34)oc3cc4c(cc35)oc3cc(N(c5ccc6ccccc6c5)c5cccc6c5C(C)(C)c5ccccc5-6)ccc34)c21. The van der Waals surface area contributed by atoms with E-state index in [0.717, 1.165) is 99.9 Å². The summed E-state index contributed by atoms with van der Waals surface area (Å²) in [6.07, 6.45) is 0. The Balaban J connectivity index is 0.789. The molecule has 0 bridgehead atoms. The second-order valence-electron chi connectivity index (χ2n) is 22.8. The molecule has 0 aliphatic heterocycles. The standard InChI is InChI=1S/C74H50N2O3/c1-73(2)61-23-11-9-19-51(61)55-21-13-25-63(71(55)73)75(47-29-27-43-15-5-7-17-45(43)35-47)49-31-33-53-57-39-69-59(41-67(57)77-65(53)37-49)60-42-68-58(40-70(60)79-69)54-34-32-50(38-66(54)78-68)76(48-30-28-44-16-6-8-18-46(44)36-48)64-26-14-22-56-52-20-10-12-24-62(52)74(3,4)72(56)64/h5-42H,1-4H3. The number of furan rings is 3. The van der Waals surface area contributed by atoms with Gasteiger partial charge in [-0.3, -0.25) is 0 Å². The van der Waals surface area contributed by atoms with Gasteiger partial charge in [-0.25, -0.2) is 0 Å². The van der Waals surface area contributed by atoms with Crippen LogP contribution in [-0.4, -0.2) is 0 Å². The lowest BCUT2D eigenvalue weighted by molar-refractivity contribution is 0.660. The van der Waals surface area contributed by atoms with Crippen molar-refractivity contribution in [2.75, 3.05) is 9.80 Å². The van der Waals surface area contributed by atoms with Crippen molar-refractivity contribution in [3.63, 3.8) is 0 Å². The highest BCUT2D eigenvalue weighted by Crippen LogP contribution is 2.57. The Morgan fingerprint density at radius 1 is 0.266 bits per heavy atom. The van der Waals surface area contributed by atoms with E-state index in [-0.39, 0.29) is 10.8 Å². The van der Waals surface area contributed by atoms with Gasteiger partial charge in [0.2, 0.25) is 0 Å². The molecule has 3 heterocycles. The van der Waals surface area contributed by atoms with Crippen LogP contribution in [0.1, 0.15) is 49.9 Å². The lowest BCUT2D eigenvalue weighted by Crippen LogP contribution is -2.20. The number of benzene rings is 12. The molecule has 0 saturated heterocycles. The third-order valence-corrected chi connectivity index (χ3v) is 17.7. The summed E-state index contributed by atoms with van der Waals surface area (Å²) >= 11 is 0. The average Bonchev–Trinajstić information content (AvgIpc) is 4.39. The van der Waals surface area contributed by atoms with Crippen LogP contribution in [0, 0.1) is 0 Å². The molecule has 0 fully saturated rings. The second-order valence-corrected chi connectivity index (χ2v) is 22.8. The highest BCUT2D eigenvalue weighted by molar-refractivity contribution is 6.19. The third kappa shape index (κ3) is 6.27. The highest BCUT2D eigenvalue weighted by Gasteiger charge is 2.40. The monoisotopic (exact) mass is 1010 g/mol.